The summed E-state index contributed by atoms with van der Waals surface area (Å²) in [5.74, 6) is 0.585. The first-order chi connectivity index (χ1) is 5.77. The Morgan fingerprint density at radius 3 is 3.00 bits per heavy atom. The van der Waals surface area contributed by atoms with Gasteiger partial charge in [-0.15, -0.1) is 0 Å². The van der Waals surface area contributed by atoms with Gasteiger partial charge in [-0.1, -0.05) is 11.6 Å². The third kappa shape index (κ3) is 2.35. The molecule has 0 bridgehead atoms. The van der Waals surface area contributed by atoms with Crippen molar-refractivity contribution in [2.45, 2.75) is 38.4 Å². The first-order valence-corrected chi connectivity index (χ1v) is 4.73. The fourth-order valence-corrected chi connectivity index (χ4v) is 2.27. The summed E-state index contributed by atoms with van der Waals surface area (Å²) in [6.45, 7) is 2.91. The average molecular weight is 223 g/mol. The fraction of sp³-hybridized carbons (Fsp3) is 0.800. The van der Waals surface area contributed by atoms with Gasteiger partial charge in [-0.2, -0.15) is 0 Å². The SMILES string of the molecule is CC1=CCOC2CC(O)CCC12.[Mn]. The monoisotopic (exact) mass is 223 g/mol. The summed E-state index contributed by atoms with van der Waals surface area (Å²) in [6.07, 6.45) is 5.19. The van der Waals surface area contributed by atoms with Crippen LogP contribution in [0.1, 0.15) is 26.2 Å². The number of fused-ring (bicyclic) bond motifs is 1. The van der Waals surface area contributed by atoms with E-state index in [9.17, 15) is 5.11 Å². The van der Waals surface area contributed by atoms with Gasteiger partial charge in [0.2, 0.25) is 0 Å². The molecule has 2 aliphatic rings. The van der Waals surface area contributed by atoms with Crippen LogP contribution in [0.25, 0.3) is 0 Å². The van der Waals surface area contributed by atoms with Gasteiger partial charge < -0.3 is 9.84 Å². The van der Waals surface area contributed by atoms with Gasteiger partial charge in [0.15, 0.2) is 0 Å². The van der Waals surface area contributed by atoms with Crippen molar-refractivity contribution in [3.63, 3.8) is 0 Å². The standard InChI is InChI=1S/C10H16O2.Mn/c1-7-4-5-12-10-6-8(11)2-3-9(7)10;/h4,8-11H,2-3,5-6H2,1H3;. The van der Waals surface area contributed by atoms with E-state index in [0.29, 0.717) is 12.0 Å². The third-order valence-corrected chi connectivity index (χ3v) is 3.06. The van der Waals surface area contributed by atoms with Crippen LogP contribution in [-0.4, -0.2) is 23.9 Å². The summed E-state index contributed by atoms with van der Waals surface area (Å²) in [7, 11) is 0. The van der Waals surface area contributed by atoms with Gasteiger partial charge in [-0.05, 0) is 19.8 Å². The molecule has 0 spiro atoms. The molecule has 0 amide bonds. The normalized spacial score (nSPS) is 38.6. The Morgan fingerprint density at radius 1 is 1.46 bits per heavy atom. The van der Waals surface area contributed by atoms with Gasteiger partial charge in [-0.3, -0.25) is 0 Å². The van der Waals surface area contributed by atoms with Gasteiger partial charge in [-0.25, -0.2) is 0 Å². The van der Waals surface area contributed by atoms with E-state index in [1.807, 2.05) is 0 Å². The van der Waals surface area contributed by atoms with Crippen molar-refractivity contribution in [2.24, 2.45) is 5.92 Å². The molecule has 0 aromatic rings. The van der Waals surface area contributed by atoms with Crippen molar-refractivity contribution in [3.8, 4) is 0 Å². The second-order valence-corrected chi connectivity index (χ2v) is 3.89. The third-order valence-electron chi connectivity index (χ3n) is 3.06. The molecule has 1 fully saturated rings. The molecule has 1 aliphatic carbocycles. The molecule has 2 nitrogen and oxygen atoms in total. The summed E-state index contributed by atoms with van der Waals surface area (Å²) in [5, 5.41) is 9.43. The summed E-state index contributed by atoms with van der Waals surface area (Å²) in [4.78, 5) is 0. The van der Waals surface area contributed by atoms with Gasteiger partial charge in [0.25, 0.3) is 0 Å². The van der Waals surface area contributed by atoms with E-state index in [4.69, 9.17) is 4.74 Å². The number of hydrogen-bond donors (Lipinski definition) is 1. The predicted octanol–water partition coefficient (Wildman–Crippen LogP) is 1.49. The largest absolute Gasteiger partial charge is 0.393 e. The van der Waals surface area contributed by atoms with Crippen LogP contribution in [0.5, 0.6) is 0 Å². The van der Waals surface area contributed by atoms with Gasteiger partial charge in [0.1, 0.15) is 0 Å². The molecule has 1 heterocycles. The first-order valence-electron chi connectivity index (χ1n) is 4.73. The maximum absolute atomic E-state index is 9.43. The van der Waals surface area contributed by atoms with Crippen LogP contribution in [0.3, 0.4) is 0 Å². The zero-order valence-electron chi connectivity index (χ0n) is 7.87. The van der Waals surface area contributed by atoms with E-state index >= 15 is 0 Å². The summed E-state index contributed by atoms with van der Waals surface area (Å²) in [6, 6.07) is 0. The molecule has 0 saturated heterocycles. The maximum atomic E-state index is 9.43. The second kappa shape index (κ2) is 4.61. The quantitative estimate of drug-likeness (QED) is 0.498. The predicted molar refractivity (Wildman–Crippen MR) is 46.8 cm³/mol. The Kier molecular flexibility index (Phi) is 3.99. The Labute approximate surface area is 89.8 Å². The van der Waals surface area contributed by atoms with Crippen molar-refractivity contribution in [2.75, 3.05) is 6.61 Å². The molecular formula is C10H16MnO2. The molecule has 0 aromatic heterocycles. The van der Waals surface area contributed by atoms with Gasteiger partial charge in [0.05, 0.1) is 18.8 Å². The minimum Gasteiger partial charge on any atom is -0.393 e. The van der Waals surface area contributed by atoms with Crippen LogP contribution in [0.4, 0.5) is 0 Å². The average Bonchev–Trinajstić information content (AvgIpc) is 2.04. The van der Waals surface area contributed by atoms with E-state index in [1.165, 1.54) is 5.57 Å². The van der Waals surface area contributed by atoms with E-state index in [2.05, 4.69) is 13.0 Å². The van der Waals surface area contributed by atoms with Crippen molar-refractivity contribution in [1.82, 2.24) is 0 Å². The molecule has 13 heavy (non-hydrogen) atoms. The Balaban J connectivity index is 0.000000845. The Hall–Kier alpha value is 0.179. The molecule has 75 valence electrons. The summed E-state index contributed by atoms with van der Waals surface area (Å²) in [5.41, 5.74) is 1.46. The van der Waals surface area contributed by atoms with Gasteiger partial charge in [0, 0.05) is 29.4 Å². The van der Waals surface area contributed by atoms with Crippen LogP contribution >= 0.6 is 0 Å². The van der Waals surface area contributed by atoms with Crippen LogP contribution in [0, 0.1) is 5.92 Å². The van der Waals surface area contributed by atoms with Crippen LogP contribution < -0.4 is 0 Å². The van der Waals surface area contributed by atoms with Gasteiger partial charge >= 0.3 is 0 Å². The maximum Gasteiger partial charge on any atom is 0.0669 e. The molecule has 1 aliphatic heterocycles. The smallest absolute Gasteiger partial charge is 0.0669 e. The molecular weight excluding hydrogens is 207 g/mol. The number of rotatable bonds is 0. The molecule has 1 N–H and O–H groups in total. The minimum atomic E-state index is -0.128. The van der Waals surface area contributed by atoms with Crippen molar-refractivity contribution in [3.05, 3.63) is 11.6 Å². The zero-order valence-corrected chi connectivity index (χ0v) is 9.05. The molecule has 3 atom stereocenters. The number of aliphatic hydroxyl groups is 1. The summed E-state index contributed by atoms with van der Waals surface area (Å²) < 4.78 is 5.59. The zero-order chi connectivity index (χ0) is 8.55. The molecule has 3 unspecified atom stereocenters. The second-order valence-electron chi connectivity index (χ2n) is 3.89. The Bertz CT molecular complexity index is 203. The topological polar surface area (TPSA) is 29.5 Å². The Morgan fingerprint density at radius 2 is 2.23 bits per heavy atom. The molecule has 3 heteroatoms. The molecule has 1 radical (unpaired) electrons. The first kappa shape index (κ1) is 11.3. The molecule has 1 saturated carbocycles. The van der Waals surface area contributed by atoms with E-state index in [0.717, 1.165) is 25.9 Å². The van der Waals surface area contributed by atoms with Crippen LogP contribution in [-0.2, 0) is 21.8 Å². The van der Waals surface area contributed by atoms with Crippen molar-refractivity contribution < 1.29 is 26.9 Å². The summed E-state index contributed by atoms with van der Waals surface area (Å²) >= 11 is 0. The number of hydrogen-bond acceptors (Lipinski definition) is 2. The number of aliphatic hydroxyl groups excluding tert-OH is 1. The van der Waals surface area contributed by atoms with E-state index in [1.54, 1.807) is 0 Å². The fourth-order valence-electron chi connectivity index (χ4n) is 2.27. The molecule has 2 rings (SSSR count). The molecule has 0 aromatic carbocycles. The van der Waals surface area contributed by atoms with E-state index in [-0.39, 0.29) is 23.2 Å². The van der Waals surface area contributed by atoms with Crippen LogP contribution in [0.15, 0.2) is 11.6 Å². The van der Waals surface area contributed by atoms with Crippen molar-refractivity contribution >= 4 is 0 Å². The minimum absolute atomic E-state index is 0. The number of ether oxygens (including phenoxy) is 1. The van der Waals surface area contributed by atoms with E-state index < -0.39 is 0 Å². The van der Waals surface area contributed by atoms with Crippen molar-refractivity contribution in [1.29, 1.82) is 0 Å². The van der Waals surface area contributed by atoms with Crippen LogP contribution in [0.2, 0.25) is 0 Å².